The molecule has 1 aromatic carbocycles. The molecule has 0 saturated carbocycles. The third-order valence-electron chi connectivity index (χ3n) is 6.56. The molecule has 27 heavy (non-hydrogen) atoms. The summed E-state index contributed by atoms with van der Waals surface area (Å²) < 4.78 is 5.52. The van der Waals surface area contributed by atoms with E-state index in [2.05, 4.69) is 30.0 Å². The molecule has 0 spiro atoms. The van der Waals surface area contributed by atoms with Crippen LogP contribution in [0.4, 0.5) is 4.79 Å². The number of carbonyl (C=O) groups is 1. The lowest BCUT2D eigenvalue weighted by Gasteiger charge is -2.35. The van der Waals surface area contributed by atoms with Gasteiger partial charge in [-0.05, 0) is 76.0 Å². The molecule has 0 N–H and O–H groups in total. The highest BCUT2D eigenvalue weighted by molar-refractivity contribution is 5.68. The number of likely N-dealkylation sites (tertiary alicyclic amines) is 1. The first-order valence-corrected chi connectivity index (χ1v) is 10.7. The number of hydrogen-bond donors (Lipinski definition) is 0. The Balaban J connectivity index is 1.40. The van der Waals surface area contributed by atoms with E-state index in [1.54, 1.807) is 11.1 Å². The van der Waals surface area contributed by atoms with Crippen LogP contribution in [-0.4, -0.2) is 40.6 Å². The summed E-state index contributed by atoms with van der Waals surface area (Å²) >= 11 is 0. The minimum absolute atomic E-state index is 0.166. The average molecular weight is 371 g/mol. The monoisotopic (exact) mass is 370 g/mol. The van der Waals surface area contributed by atoms with E-state index < -0.39 is 5.60 Å². The Morgan fingerprint density at radius 2 is 1.85 bits per heavy atom. The Bertz CT molecular complexity index is 701. The van der Waals surface area contributed by atoms with E-state index in [9.17, 15) is 4.79 Å². The Morgan fingerprint density at radius 1 is 1.11 bits per heavy atom. The summed E-state index contributed by atoms with van der Waals surface area (Å²) in [6.07, 6.45) is 5.89. The van der Waals surface area contributed by atoms with E-state index >= 15 is 0 Å². The highest BCUT2D eigenvalue weighted by Gasteiger charge is 2.36. The second-order valence-corrected chi connectivity index (χ2v) is 9.67. The fourth-order valence-corrected chi connectivity index (χ4v) is 5.11. The van der Waals surface area contributed by atoms with Crippen LogP contribution >= 0.6 is 0 Å². The van der Waals surface area contributed by atoms with Crippen molar-refractivity contribution in [3.8, 4) is 0 Å². The summed E-state index contributed by atoms with van der Waals surface area (Å²) in [6.45, 7) is 10.9. The third kappa shape index (κ3) is 3.87. The van der Waals surface area contributed by atoms with E-state index in [1.807, 2.05) is 25.7 Å². The largest absolute Gasteiger partial charge is 0.444 e. The second kappa shape index (κ2) is 7.12. The summed E-state index contributed by atoms with van der Waals surface area (Å²) in [5.41, 5.74) is 4.15. The van der Waals surface area contributed by atoms with Gasteiger partial charge in [0.2, 0.25) is 0 Å². The molecule has 0 aromatic heterocycles. The summed E-state index contributed by atoms with van der Waals surface area (Å²) in [7, 11) is 0. The molecular weight excluding hydrogens is 336 g/mol. The van der Waals surface area contributed by atoms with Crippen molar-refractivity contribution in [3.05, 3.63) is 34.9 Å². The SMILES string of the molecule is C[C@@H]1CCC[C@@H]2c3ccc(C4CCN(C(=O)OC(C)(C)C)CC4)cc3CN12. The fraction of sp³-hybridized carbons (Fsp3) is 0.696. The number of rotatable bonds is 1. The van der Waals surface area contributed by atoms with Crippen molar-refractivity contribution >= 4 is 6.09 Å². The highest BCUT2D eigenvalue weighted by Crippen LogP contribution is 2.43. The van der Waals surface area contributed by atoms with Crippen LogP contribution < -0.4 is 0 Å². The van der Waals surface area contributed by atoms with Crippen molar-refractivity contribution in [2.45, 2.75) is 89.9 Å². The molecule has 2 fully saturated rings. The van der Waals surface area contributed by atoms with Gasteiger partial charge in [-0.25, -0.2) is 4.79 Å². The topological polar surface area (TPSA) is 32.8 Å². The van der Waals surface area contributed by atoms with Crippen molar-refractivity contribution in [2.75, 3.05) is 13.1 Å². The molecule has 0 radical (unpaired) electrons. The second-order valence-electron chi connectivity index (χ2n) is 9.67. The number of ether oxygens (including phenoxy) is 1. The third-order valence-corrected chi connectivity index (χ3v) is 6.56. The lowest BCUT2D eigenvalue weighted by atomic mass is 9.87. The number of amides is 1. The number of nitrogens with zero attached hydrogens (tertiary/aromatic N) is 2. The Morgan fingerprint density at radius 3 is 2.56 bits per heavy atom. The van der Waals surface area contributed by atoms with Gasteiger partial charge >= 0.3 is 6.09 Å². The zero-order chi connectivity index (χ0) is 19.2. The lowest BCUT2D eigenvalue weighted by Crippen LogP contribution is -2.41. The van der Waals surface area contributed by atoms with Crippen LogP contribution in [0, 0.1) is 0 Å². The summed E-state index contributed by atoms with van der Waals surface area (Å²) in [4.78, 5) is 16.9. The van der Waals surface area contributed by atoms with Crippen LogP contribution in [-0.2, 0) is 11.3 Å². The highest BCUT2D eigenvalue weighted by atomic mass is 16.6. The molecule has 1 amide bonds. The van der Waals surface area contributed by atoms with E-state index in [1.165, 1.54) is 24.8 Å². The molecular formula is C23H34N2O2. The summed E-state index contributed by atoms with van der Waals surface area (Å²) in [5.74, 6) is 0.559. The first kappa shape index (κ1) is 18.8. The van der Waals surface area contributed by atoms with Gasteiger partial charge < -0.3 is 9.64 Å². The van der Waals surface area contributed by atoms with Crippen LogP contribution in [0.2, 0.25) is 0 Å². The predicted octanol–water partition coefficient (Wildman–Crippen LogP) is 5.23. The van der Waals surface area contributed by atoms with Crippen molar-refractivity contribution in [2.24, 2.45) is 0 Å². The quantitative estimate of drug-likeness (QED) is 0.678. The zero-order valence-corrected chi connectivity index (χ0v) is 17.3. The van der Waals surface area contributed by atoms with Crippen molar-refractivity contribution in [1.29, 1.82) is 0 Å². The van der Waals surface area contributed by atoms with Gasteiger partial charge in [-0.3, -0.25) is 4.90 Å². The minimum atomic E-state index is -0.419. The molecule has 4 nitrogen and oxygen atoms in total. The van der Waals surface area contributed by atoms with E-state index in [-0.39, 0.29) is 6.09 Å². The molecule has 148 valence electrons. The van der Waals surface area contributed by atoms with Gasteiger partial charge in [-0.2, -0.15) is 0 Å². The molecule has 0 unspecified atom stereocenters. The zero-order valence-electron chi connectivity index (χ0n) is 17.3. The first-order chi connectivity index (χ1) is 12.8. The predicted molar refractivity (Wildman–Crippen MR) is 108 cm³/mol. The molecule has 3 aliphatic rings. The number of hydrogen-bond acceptors (Lipinski definition) is 3. The molecule has 3 heterocycles. The van der Waals surface area contributed by atoms with Gasteiger partial charge in [0, 0.05) is 31.7 Å². The lowest BCUT2D eigenvalue weighted by molar-refractivity contribution is 0.0205. The van der Waals surface area contributed by atoms with Crippen LogP contribution in [0.3, 0.4) is 0 Å². The van der Waals surface area contributed by atoms with Crippen LogP contribution in [0.1, 0.15) is 88.4 Å². The number of benzene rings is 1. The van der Waals surface area contributed by atoms with Crippen LogP contribution in [0.5, 0.6) is 0 Å². The molecule has 4 rings (SSSR count). The number of fused-ring (bicyclic) bond motifs is 3. The van der Waals surface area contributed by atoms with Crippen LogP contribution in [0.15, 0.2) is 18.2 Å². The molecule has 4 heteroatoms. The Hall–Kier alpha value is -1.55. The van der Waals surface area contributed by atoms with Gasteiger partial charge in [0.25, 0.3) is 0 Å². The van der Waals surface area contributed by atoms with Crippen molar-refractivity contribution in [1.82, 2.24) is 9.80 Å². The molecule has 2 saturated heterocycles. The molecule has 0 bridgehead atoms. The van der Waals surface area contributed by atoms with Crippen molar-refractivity contribution < 1.29 is 9.53 Å². The van der Waals surface area contributed by atoms with Gasteiger partial charge in [0.15, 0.2) is 0 Å². The van der Waals surface area contributed by atoms with Crippen LogP contribution in [0.25, 0.3) is 0 Å². The maximum Gasteiger partial charge on any atom is 0.410 e. The Kier molecular flexibility index (Phi) is 4.96. The van der Waals surface area contributed by atoms with Gasteiger partial charge in [-0.15, -0.1) is 0 Å². The smallest absolute Gasteiger partial charge is 0.410 e. The van der Waals surface area contributed by atoms with Gasteiger partial charge in [-0.1, -0.05) is 24.6 Å². The van der Waals surface area contributed by atoms with Crippen molar-refractivity contribution in [3.63, 3.8) is 0 Å². The molecule has 3 aliphatic heterocycles. The van der Waals surface area contributed by atoms with E-state index in [0.29, 0.717) is 18.0 Å². The van der Waals surface area contributed by atoms with E-state index in [4.69, 9.17) is 4.74 Å². The minimum Gasteiger partial charge on any atom is -0.444 e. The average Bonchev–Trinajstić information content (AvgIpc) is 3.00. The standard InChI is InChI=1S/C23H34N2O2/c1-16-6-5-7-21-20-9-8-18(14-19(20)15-25(16)21)17-10-12-24(13-11-17)22(26)27-23(2,3)4/h8-9,14,16-17,21H,5-7,10-13,15H2,1-4H3/t16-,21-/m1/s1. The summed E-state index contributed by atoms with van der Waals surface area (Å²) in [6, 6.07) is 8.57. The Labute approximate surface area is 163 Å². The van der Waals surface area contributed by atoms with E-state index in [0.717, 1.165) is 32.5 Å². The normalized spacial score (nSPS) is 26.6. The number of carbonyl (C=O) groups excluding carboxylic acids is 1. The maximum atomic E-state index is 12.3. The number of piperidine rings is 2. The molecule has 0 aliphatic carbocycles. The first-order valence-electron chi connectivity index (χ1n) is 10.7. The van der Waals surface area contributed by atoms with Gasteiger partial charge in [0.05, 0.1) is 0 Å². The molecule has 2 atom stereocenters. The van der Waals surface area contributed by atoms with Gasteiger partial charge in [0.1, 0.15) is 5.60 Å². The maximum absolute atomic E-state index is 12.3. The fourth-order valence-electron chi connectivity index (χ4n) is 5.11. The summed E-state index contributed by atoms with van der Waals surface area (Å²) in [5, 5.41) is 0. The molecule has 1 aromatic rings.